The van der Waals surface area contributed by atoms with E-state index in [0.29, 0.717) is 36.7 Å². The number of hydrogen-bond donors (Lipinski definition) is 2. The minimum atomic E-state index is -0.347. The van der Waals surface area contributed by atoms with Crippen molar-refractivity contribution in [3.05, 3.63) is 94.7 Å². The first-order chi connectivity index (χ1) is 16.4. The Bertz CT molecular complexity index is 1210. The molecule has 0 saturated carbocycles. The van der Waals surface area contributed by atoms with Gasteiger partial charge < -0.3 is 20.1 Å². The van der Waals surface area contributed by atoms with Crippen molar-refractivity contribution in [3.8, 4) is 5.75 Å². The van der Waals surface area contributed by atoms with E-state index in [1.165, 1.54) is 12.1 Å². The molecule has 176 valence electrons. The fourth-order valence-electron chi connectivity index (χ4n) is 4.26. The normalized spacial score (nSPS) is 16.8. The highest BCUT2D eigenvalue weighted by Gasteiger charge is 2.38. The monoisotopic (exact) mass is 461 g/mol. The fraction of sp³-hybridized carbons (Fsp3) is 0.259. The highest BCUT2D eigenvalue weighted by atomic mass is 19.1. The zero-order chi connectivity index (χ0) is 24.2. The van der Waals surface area contributed by atoms with Crippen LogP contribution in [0.15, 0.2) is 77.1 Å². The van der Waals surface area contributed by atoms with Gasteiger partial charge in [0.15, 0.2) is 0 Å². The quantitative estimate of drug-likeness (QED) is 0.624. The number of aliphatic imine (C=N–C) groups is 1. The predicted octanol–water partition coefficient (Wildman–Crippen LogP) is 3.97. The van der Waals surface area contributed by atoms with Crippen molar-refractivity contribution in [1.82, 2.24) is 10.2 Å². The maximum atomic E-state index is 13.9. The molecule has 0 fully saturated rings. The number of nitrogens with one attached hydrogen (secondary N) is 1. The second-order valence-electron chi connectivity index (χ2n) is 8.32. The molecule has 1 unspecified atom stereocenters. The highest BCUT2D eigenvalue weighted by molar-refractivity contribution is 6.18. The van der Waals surface area contributed by atoms with Gasteiger partial charge in [0.2, 0.25) is 0 Å². The average Bonchev–Trinajstić information content (AvgIpc) is 3.24. The number of rotatable bonds is 8. The van der Waals surface area contributed by atoms with Crippen LogP contribution in [0.3, 0.4) is 0 Å². The summed E-state index contributed by atoms with van der Waals surface area (Å²) in [6, 6.07) is 11.4. The van der Waals surface area contributed by atoms with Gasteiger partial charge in [0.05, 0.1) is 18.7 Å². The summed E-state index contributed by atoms with van der Waals surface area (Å²) in [4.78, 5) is 20.4. The lowest BCUT2D eigenvalue weighted by Crippen LogP contribution is -2.36. The number of ether oxygens (including phenoxy) is 1. The number of allylic oxidation sites excluding steroid dienone is 4. The molecular formula is C27H28FN3O3. The number of fused-ring (bicyclic) bond motifs is 1. The van der Waals surface area contributed by atoms with E-state index >= 15 is 0 Å². The van der Waals surface area contributed by atoms with Crippen LogP contribution in [0.4, 0.5) is 4.39 Å². The van der Waals surface area contributed by atoms with Crippen molar-refractivity contribution < 1.29 is 19.0 Å². The number of carbonyl (C=O) groups excluding carboxylic acids is 1. The van der Waals surface area contributed by atoms with Crippen LogP contribution in [0.5, 0.6) is 5.75 Å². The molecule has 2 aromatic rings. The molecule has 2 aromatic carbocycles. The van der Waals surface area contributed by atoms with Crippen LogP contribution < -0.4 is 5.32 Å². The van der Waals surface area contributed by atoms with Gasteiger partial charge in [-0.05, 0) is 61.0 Å². The number of methoxy groups -OCH3 is 1. The van der Waals surface area contributed by atoms with E-state index in [9.17, 15) is 14.3 Å². The first-order valence-corrected chi connectivity index (χ1v) is 11.2. The van der Waals surface area contributed by atoms with Crippen molar-refractivity contribution in [2.45, 2.75) is 13.5 Å². The first-order valence-electron chi connectivity index (χ1n) is 11.2. The molecule has 1 amide bonds. The molecule has 1 atom stereocenters. The minimum absolute atomic E-state index is 0.217. The van der Waals surface area contributed by atoms with E-state index in [4.69, 9.17) is 9.73 Å². The Balaban J connectivity index is 1.77. The molecule has 0 spiro atoms. The Kier molecular flexibility index (Phi) is 6.93. The molecule has 1 aliphatic carbocycles. The summed E-state index contributed by atoms with van der Waals surface area (Å²) in [7, 11) is 3.43. The third-order valence-electron chi connectivity index (χ3n) is 6.04. The van der Waals surface area contributed by atoms with Gasteiger partial charge in [-0.25, -0.2) is 9.38 Å². The smallest absolute Gasteiger partial charge is 0.273 e. The van der Waals surface area contributed by atoms with Crippen LogP contribution in [-0.2, 0) is 16.1 Å². The van der Waals surface area contributed by atoms with E-state index in [2.05, 4.69) is 5.32 Å². The van der Waals surface area contributed by atoms with Crippen LogP contribution in [0, 0.1) is 18.7 Å². The summed E-state index contributed by atoms with van der Waals surface area (Å²) in [5, 5.41) is 13.0. The summed E-state index contributed by atoms with van der Waals surface area (Å²) in [5.74, 6) is 0.00250. The molecule has 0 bridgehead atoms. The molecule has 7 heteroatoms. The third kappa shape index (κ3) is 4.65. The highest BCUT2D eigenvalue weighted by Crippen LogP contribution is 2.41. The number of amides is 1. The van der Waals surface area contributed by atoms with Gasteiger partial charge in [-0.2, -0.15) is 0 Å². The number of halogens is 1. The Morgan fingerprint density at radius 3 is 2.68 bits per heavy atom. The van der Waals surface area contributed by atoms with Gasteiger partial charge in [-0.3, -0.25) is 4.79 Å². The van der Waals surface area contributed by atoms with Crippen molar-refractivity contribution in [1.29, 1.82) is 0 Å². The number of nitrogens with zero attached hydrogens (tertiary/aromatic N) is 2. The van der Waals surface area contributed by atoms with Gasteiger partial charge in [0, 0.05) is 25.2 Å². The van der Waals surface area contributed by atoms with Crippen LogP contribution in [-0.4, -0.2) is 48.9 Å². The van der Waals surface area contributed by atoms with Crippen molar-refractivity contribution in [2.75, 3.05) is 27.2 Å². The number of phenolic OH excluding ortho intramolecular Hbond substituents is 1. The molecule has 0 aromatic heterocycles. The largest absolute Gasteiger partial charge is 0.508 e. The Hall–Kier alpha value is -3.71. The average molecular weight is 462 g/mol. The lowest BCUT2D eigenvalue weighted by Gasteiger charge is -2.24. The molecule has 6 nitrogen and oxygen atoms in total. The minimum Gasteiger partial charge on any atom is -0.508 e. The molecule has 4 rings (SSSR count). The summed E-state index contributed by atoms with van der Waals surface area (Å²) in [6.45, 7) is 3.26. The number of phenols is 1. The molecule has 1 heterocycles. The Morgan fingerprint density at radius 1 is 1.24 bits per heavy atom. The lowest BCUT2D eigenvalue weighted by molar-refractivity contribution is -0.127. The maximum absolute atomic E-state index is 13.9. The topological polar surface area (TPSA) is 74.2 Å². The van der Waals surface area contributed by atoms with Crippen LogP contribution in [0.2, 0.25) is 0 Å². The van der Waals surface area contributed by atoms with E-state index < -0.39 is 0 Å². The molecule has 2 N–H and O–H groups in total. The van der Waals surface area contributed by atoms with Crippen molar-refractivity contribution >= 4 is 17.2 Å². The van der Waals surface area contributed by atoms with Crippen LogP contribution in [0.1, 0.15) is 16.7 Å². The lowest BCUT2D eigenvalue weighted by atomic mass is 9.85. The summed E-state index contributed by atoms with van der Waals surface area (Å²) in [5.41, 5.74) is 4.12. The van der Waals surface area contributed by atoms with Gasteiger partial charge >= 0.3 is 0 Å². The van der Waals surface area contributed by atoms with E-state index in [1.807, 2.05) is 44.3 Å². The molecule has 1 aliphatic heterocycles. The molecule has 34 heavy (non-hydrogen) atoms. The summed E-state index contributed by atoms with van der Waals surface area (Å²) in [6.07, 6.45) is 5.58. The predicted molar refractivity (Wildman–Crippen MR) is 131 cm³/mol. The third-order valence-corrected chi connectivity index (χ3v) is 6.04. The number of likely N-dealkylation sites (N-methyl/N-ethyl adjacent to an activating group) is 1. The second kappa shape index (κ2) is 10.1. The number of carbonyl (C=O) groups is 1. The number of aromatic hydroxyl groups is 1. The molecule has 0 radical (unpaired) electrons. The fourth-order valence-corrected chi connectivity index (χ4v) is 4.26. The maximum Gasteiger partial charge on any atom is 0.273 e. The summed E-state index contributed by atoms with van der Waals surface area (Å²) < 4.78 is 19.3. The summed E-state index contributed by atoms with van der Waals surface area (Å²) >= 11 is 0. The van der Waals surface area contributed by atoms with E-state index in [1.54, 1.807) is 30.2 Å². The van der Waals surface area contributed by atoms with Gasteiger partial charge in [-0.1, -0.05) is 30.3 Å². The Morgan fingerprint density at radius 2 is 2.00 bits per heavy atom. The van der Waals surface area contributed by atoms with E-state index in [-0.39, 0.29) is 23.4 Å². The van der Waals surface area contributed by atoms with Gasteiger partial charge in [0.1, 0.15) is 23.0 Å². The van der Waals surface area contributed by atoms with Gasteiger partial charge in [0.25, 0.3) is 5.91 Å². The standard InChI is InChI=1S/C27H28FN3O3/c1-17-15-18(7-12-22(17)32)16-31(14-13-29-2)27(33)26-24(19-8-10-20(28)11-9-19)25-21(30-26)5-4-6-23(25)34-3/h4-12,15,25,29,32H,13-14,16H2,1-3H3. The Labute approximate surface area is 198 Å². The van der Waals surface area contributed by atoms with E-state index in [0.717, 1.165) is 22.4 Å². The van der Waals surface area contributed by atoms with Crippen LogP contribution >= 0.6 is 0 Å². The van der Waals surface area contributed by atoms with Crippen molar-refractivity contribution in [2.24, 2.45) is 10.9 Å². The number of benzene rings is 2. The zero-order valence-corrected chi connectivity index (χ0v) is 19.5. The SMILES string of the molecule is CNCCN(Cc1ccc(O)c(C)c1)C(=O)C1=C(c2ccc(F)cc2)C2C(OC)=CC=CC2=N1. The second-order valence-corrected chi connectivity index (χ2v) is 8.32. The van der Waals surface area contributed by atoms with Crippen molar-refractivity contribution in [3.63, 3.8) is 0 Å². The first kappa shape index (κ1) is 23.4. The van der Waals surface area contributed by atoms with Crippen LogP contribution in [0.25, 0.3) is 5.57 Å². The molecular weight excluding hydrogens is 433 g/mol. The number of aryl methyl sites for hydroxylation is 1. The number of hydrogen-bond acceptors (Lipinski definition) is 5. The molecule has 0 saturated heterocycles. The zero-order valence-electron chi connectivity index (χ0n) is 19.5. The molecule has 2 aliphatic rings. The van der Waals surface area contributed by atoms with Gasteiger partial charge in [-0.15, -0.1) is 0 Å².